The minimum absolute atomic E-state index is 0.263. The van der Waals surface area contributed by atoms with Crippen LogP contribution in [0.4, 0.5) is 13.2 Å². The zero-order valence-corrected chi connectivity index (χ0v) is 14.4. The van der Waals surface area contributed by atoms with Crippen molar-refractivity contribution in [3.63, 3.8) is 0 Å². The third-order valence-electron chi connectivity index (χ3n) is 4.67. The minimum Gasteiger partial charge on any atom is -0.465 e. The van der Waals surface area contributed by atoms with E-state index in [4.69, 9.17) is 4.74 Å². The first kappa shape index (κ1) is 18.5. The lowest BCUT2D eigenvalue weighted by Crippen LogP contribution is -2.38. The molecule has 2 atom stereocenters. The minimum atomic E-state index is -1.48. The zero-order valence-electron chi connectivity index (χ0n) is 14.4. The summed E-state index contributed by atoms with van der Waals surface area (Å²) in [5, 5.41) is 0. The predicted octanol–water partition coefficient (Wildman–Crippen LogP) is 4.37. The highest BCUT2D eigenvalue weighted by atomic mass is 19.2. The third-order valence-corrected chi connectivity index (χ3v) is 4.67. The van der Waals surface area contributed by atoms with E-state index in [-0.39, 0.29) is 12.6 Å². The van der Waals surface area contributed by atoms with Crippen LogP contribution in [-0.2, 0) is 16.1 Å². The molecule has 0 spiro atoms. The first-order valence-corrected chi connectivity index (χ1v) is 8.62. The molecule has 0 radical (unpaired) electrons. The molecule has 1 aliphatic rings. The van der Waals surface area contributed by atoms with Crippen molar-refractivity contribution < 1.29 is 22.7 Å². The van der Waals surface area contributed by atoms with Gasteiger partial charge in [0.05, 0.1) is 6.61 Å². The van der Waals surface area contributed by atoms with E-state index in [0.29, 0.717) is 24.9 Å². The molecule has 3 nitrogen and oxygen atoms in total. The summed E-state index contributed by atoms with van der Waals surface area (Å²) in [4.78, 5) is 14.2. The van der Waals surface area contributed by atoms with Crippen molar-refractivity contribution in [1.82, 2.24) is 4.90 Å². The Hall–Kier alpha value is -2.34. The Morgan fingerprint density at radius 1 is 1.12 bits per heavy atom. The first-order chi connectivity index (χ1) is 12.5. The smallest absolute Gasteiger partial charge is 0.323 e. The van der Waals surface area contributed by atoms with Crippen molar-refractivity contribution >= 4 is 5.97 Å². The highest BCUT2D eigenvalue weighted by Gasteiger charge is 2.39. The summed E-state index contributed by atoms with van der Waals surface area (Å²) in [6.07, 6.45) is 1.04. The molecule has 1 fully saturated rings. The summed E-state index contributed by atoms with van der Waals surface area (Å²) >= 11 is 0. The molecule has 0 N–H and O–H groups in total. The normalized spacial score (nSPS) is 20.3. The van der Waals surface area contributed by atoms with E-state index >= 15 is 0 Å². The number of carbonyl (C=O) groups is 1. The van der Waals surface area contributed by atoms with Crippen molar-refractivity contribution in [1.29, 1.82) is 0 Å². The van der Waals surface area contributed by atoms with E-state index in [9.17, 15) is 18.0 Å². The van der Waals surface area contributed by atoms with Crippen LogP contribution in [0, 0.1) is 17.5 Å². The molecule has 1 saturated heterocycles. The van der Waals surface area contributed by atoms with Crippen LogP contribution in [0.15, 0.2) is 42.5 Å². The van der Waals surface area contributed by atoms with Crippen LogP contribution >= 0.6 is 0 Å². The maximum atomic E-state index is 13.7. The van der Waals surface area contributed by atoms with Gasteiger partial charge in [-0.05, 0) is 43.0 Å². The van der Waals surface area contributed by atoms with Crippen LogP contribution in [0.2, 0.25) is 0 Å². The third kappa shape index (κ3) is 3.75. The van der Waals surface area contributed by atoms with Gasteiger partial charge in [0.1, 0.15) is 6.04 Å². The first-order valence-electron chi connectivity index (χ1n) is 8.62. The summed E-state index contributed by atoms with van der Waals surface area (Å²) in [6, 6.07) is 10.6. The van der Waals surface area contributed by atoms with Crippen molar-refractivity contribution in [2.24, 2.45) is 0 Å². The van der Waals surface area contributed by atoms with Crippen molar-refractivity contribution in [3.05, 3.63) is 71.0 Å². The number of halogens is 3. The molecule has 0 amide bonds. The Labute approximate surface area is 150 Å². The molecule has 0 bridgehead atoms. The summed E-state index contributed by atoms with van der Waals surface area (Å²) in [5.41, 5.74) is 1.29. The maximum Gasteiger partial charge on any atom is 0.323 e. The average molecular weight is 363 g/mol. The molecule has 1 heterocycles. The molecular formula is C20H20F3NO2. The Bertz CT molecular complexity index is 759. The van der Waals surface area contributed by atoms with Gasteiger partial charge in [0.25, 0.3) is 0 Å². The predicted molar refractivity (Wildman–Crippen MR) is 90.7 cm³/mol. The molecule has 2 aromatic carbocycles. The molecule has 0 saturated carbocycles. The highest BCUT2D eigenvalue weighted by Crippen LogP contribution is 2.38. The monoisotopic (exact) mass is 363 g/mol. The number of esters is 1. The topological polar surface area (TPSA) is 29.5 Å². The fraction of sp³-hybridized carbons (Fsp3) is 0.350. The second-order valence-electron chi connectivity index (χ2n) is 6.32. The quantitative estimate of drug-likeness (QED) is 0.583. The molecule has 3 rings (SSSR count). The van der Waals surface area contributed by atoms with Gasteiger partial charge >= 0.3 is 5.97 Å². The van der Waals surface area contributed by atoms with Crippen LogP contribution < -0.4 is 0 Å². The van der Waals surface area contributed by atoms with Gasteiger partial charge < -0.3 is 4.74 Å². The van der Waals surface area contributed by atoms with Gasteiger partial charge in [0.15, 0.2) is 17.5 Å². The Balaban J connectivity index is 1.93. The summed E-state index contributed by atoms with van der Waals surface area (Å²) in [6.45, 7) is 2.42. The summed E-state index contributed by atoms with van der Waals surface area (Å²) in [5.74, 6) is -4.28. The Kier molecular flexibility index (Phi) is 5.61. The number of rotatable bonds is 5. The maximum absolute atomic E-state index is 13.7. The lowest BCUT2D eigenvalue weighted by Gasteiger charge is -2.29. The van der Waals surface area contributed by atoms with Gasteiger partial charge in [-0.25, -0.2) is 13.2 Å². The molecule has 0 aliphatic carbocycles. The van der Waals surface area contributed by atoms with E-state index in [1.807, 2.05) is 35.2 Å². The second-order valence-corrected chi connectivity index (χ2v) is 6.32. The number of nitrogens with zero attached hydrogens (tertiary/aromatic N) is 1. The van der Waals surface area contributed by atoms with E-state index in [2.05, 4.69) is 0 Å². The van der Waals surface area contributed by atoms with Crippen LogP contribution in [-0.4, -0.2) is 23.5 Å². The van der Waals surface area contributed by atoms with Gasteiger partial charge in [-0.2, -0.15) is 0 Å². The highest BCUT2D eigenvalue weighted by molar-refractivity contribution is 5.76. The number of hydrogen-bond acceptors (Lipinski definition) is 3. The van der Waals surface area contributed by atoms with Crippen LogP contribution in [0.1, 0.15) is 36.9 Å². The van der Waals surface area contributed by atoms with Crippen LogP contribution in [0.5, 0.6) is 0 Å². The Morgan fingerprint density at radius 3 is 2.38 bits per heavy atom. The van der Waals surface area contributed by atoms with Crippen molar-refractivity contribution in [3.8, 4) is 0 Å². The molecule has 6 heteroatoms. The average Bonchev–Trinajstić information content (AvgIpc) is 3.04. The van der Waals surface area contributed by atoms with Gasteiger partial charge in [0, 0.05) is 12.6 Å². The van der Waals surface area contributed by atoms with Crippen LogP contribution in [0.3, 0.4) is 0 Å². The van der Waals surface area contributed by atoms with Crippen molar-refractivity contribution in [2.45, 2.75) is 38.4 Å². The largest absolute Gasteiger partial charge is 0.465 e. The van der Waals surface area contributed by atoms with Gasteiger partial charge in [-0.15, -0.1) is 0 Å². The molecule has 0 aromatic heterocycles. The van der Waals surface area contributed by atoms with Gasteiger partial charge in [-0.1, -0.05) is 30.3 Å². The number of likely N-dealkylation sites (tertiary alicyclic amines) is 1. The van der Waals surface area contributed by atoms with Crippen LogP contribution in [0.25, 0.3) is 0 Å². The fourth-order valence-electron chi connectivity index (χ4n) is 3.50. The van der Waals surface area contributed by atoms with E-state index in [0.717, 1.165) is 17.7 Å². The zero-order chi connectivity index (χ0) is 18.7. The molecule has 1 aliphatic heterocycles. The van der Waals surface area contributed by atoms with Gasteiger partial charge in [0.2, 0.25) is 0 Å². The standard InChI is InChI=1S/C20H20F3NO2/c1-2-26-20(25)18-9-8-17(14-10-15(21)19(23)16(22)11-14)24(18)12-13-6-4-3-5-7-13/h3-7,10-11,17-18H,2,8-9,12H2,1H3/t17-,18+/m0/s1. The van der Waals surface area contributed by atoms with E-state index in [1.54, 1.807) is 6.92 Å². The Morgan fingerprint density at radius 2 is 1.77 bits per heavy atom. The number of carbonyl (C=O) groups excluding carboxylic acids is 1. The molecule has 26 heavy (non-hydrogen) atoms. The van der Waals surface area contributed by atoms with E-state index < -0.39 is 29.5 Å². The SMILES string of the molecule is CCOC(=O)[C@H]1CC[C@@H](c2cc(F)c(F)c(F)c2)N1Cc1ccccc1. The lowest BCUT2D eigenvalue weighted by molar-refractivity contribution is -0.149. The molecular weight excluding hydrogens is 343 g/mol. The molecule has 0 unspecified atom stereocenters. The van der Waals surface area contributed by atoms with Gasteiger partial charge in [-0.3, -0.25) is 9.69 Å². The fourth-order valence-corrected chi connectivity index (χ4v) is 3.50. The summed E-state index contributed by atoms with van der Waals surface area (Å²) in [7, 11) is 0. The summed E-state index contributed by atoms with van der Waals surface area (Å²) < 4.78 is 45.9. The number of ether oxygens (including phenoxy) is 1. The lowest BCUT2D eigenvalue weighted by atomic mass is 10.0. The van der Waals surface area contributed by atoms with E-state index in [1.165, 1.54) is 0 Å². The number of hydrogen-bond donors (Lipinski definition) is 0. The molecule has 2 aromatic rings. The molecule has 138 valence electrons. The second kappa shape index (κ2) is 7.91. The van der Waals surface area contributed by atoms with Crippen molar-refractivity contribution in [2.75, 3.05) is 6.61 Å². The number of benzene rings is 2.